The van der Waals surface area contributed by atoms with Crippen LogP contribution < -0.4 is 4.90 Å². The van der Waals surface area contributed by atoms with E-state index in [1.165, 1.54) is 4.68 Å². The normalized spacial score (nSPS) is 15.8. The summed E-state index contributed by atoms with van der Waals surface area (Å²) in [6, 6.07) is 0. The summed E-state index contributed by atoms with van der Waals surface area (Å²) in [6.45, 7) is 2.14. The Morgan fingerprint density at radius 1 is 1.59 bits per heavy atom. The van der Waals surface area contributed by atoms with E-state index in [0.29, 0.717) is 11.5 Å². The first kappa shape index (κ1) is 11.4. The second-order valence-corrected chi connectivity index (χ2v) is 4.08. The molecule has 2 heterocycles. The van der Waals surface area contributed by atoms with Gasteiger partial charge in [0.1, 0.15) is 5.69 Å². The van der Waals surface area contributed by atoms with E-state index in [1.54, 1.807) is 18.9 Å². The number of hydrogen-bond donors (Lipinski definition) is 1. The van der Waals surface area contributed by atoms with Crippen LogP contribution in [-0.2, 0) is 11.8 Å². The van der Waals surface area contributed by atoms with Gasteiger partial charge in [0.2, 0.25) is 5.82 Å². The molecule has 0 aliphatic carbocycles. The second kappa shape index (κ2) is 3.72. The van der Waals surface area contributed by atoms with E-state index in [9.17, 15) is 14.9 Å². The molecule has 1 N–H and O–H groups in total. The molecule has 0 aromatic carbocycles. The van der Waals surface area contributed by atoms with E-state index < -0.39 is 16.8 Å². The third-order valence-electron chi connectivity index (χ3n) is 2.87. The molecule has 1 aliphatic rings. The number of aliphatic carboxylic acids is 1. The topological polar surface area (TPSA) is 102 Å². The van der Waals surface area contributed by atoms with Crippen molar-refractivity contribution < 1.29 is 14.8 Å². The molecule has 0 saturated carbocycles. The summed E-state index contributed by atoms with van der Waals surface area (Å²) < 4.78 is 1.42. The molecule has 0 radical (unpaired) electrons. The van der Waals surface area contributed by atoms with Crippen molar-refractivity contribution >= 4 is 17.5 Å². The van der Waals surface area contributed by atoms with Gasteiger partial charge in [-0.05, 0) is 6.92 Å². The van der Waals surface area contributed by atoms with Crippen LogP contribution in [-0.4, -0.2) is 38.9 Å². The van der Waals surface area contributed by atoms with E-state index in [0.717, 1.165) is 0 Å². The van der Waals surface area contributed by atoms with Gasteiger partial charge in [-0.25, -0.2) is 4.68 Å². The summed E-state index contributed by atoms with van der Waals surface area (Å²) in [4.78, 5) is 22.8. The molecule has 0 atom stereocenters. The summed E-state index contributed by atoms with van der Waals surface area (Å²) in [6.07, 6.45) is 0. The predicted molar refractivity (Wildman–Crippen MR) is 57.9 cm³/mol. The zero-order valence-electron chi connectivity index (χ0n) is 9.45. The average molecular weight is 240 g/mol. The molecule has 1 aromatic heterocycles. The van der Waals surface area contributed by atoms with Crippen LogP contribution in [0.15, 0.2) is 0 Å². The van der Waals surface area contributed by atoms with Crippen LogP contribution in [0.5, 0.6) is 0 Å². The van der Waals surface area contributed by atoms with Crippen molar-refractivity contribution in [2.45, 2.75) is 6.92 Å². The van der Waals surface area contributed by atoms with Gasteiger partial charge >= 0.3 is 11.7 Å². The van der Waals surface area contributed by atoms with Crippen molar-refractivity contribution in [3.63, 3.8) is 0 Å². The average Bonchev–Trinajstić information content (AvgIpc) is 2.38. The van der Waals surface area contributed by atoms with Crippen LogP contribution >= 0.6 is 0 Å². The van der Waals surface area contributed by atoms with Crippen molar-refractivity contribution in [1.82, 2.24) is 9.78 Å². The lowest BCUT2D eigenvalue weighted by Gasteiger charge is -2.37. The summed E-state index contributed by atoms with van der Waals surface area (Å²) in [5.74, 6) is -0.947. The van der Waals surface area contributed by atoms with Crippen molar-refractivity contribution in [3.8, 4) is 0 Å². The first-order valence-electron chi connectivity index (χ1n) is 5.07. The molecule has 8 nitrogen and oxygen atoms in total. The van der Waals surface area contributed by atoms with Crippen molar-refractivity contribution in [1.29, 1.82) is 0 Å². The van der Waals surface area contributed by atoms with Gasteiger partial charge in [-0.3, -0.25) is 14.9 Å². The molecular formula is C9H12N4O4. The number of aryl methyl sites for hydroxylation is 2. The van der Waals surface area contributed by atoms with Gasteiger partial charge in [0.25, 0.3) is 0 Å². The lowest BCUT2D eigenvalue weighted by atomic mass is 10.0. The number of rotatable bonds is 3. The Hall–Kier alpha value is -2.12. The molecular weight excluding hydrogens is 228 g/mol. The minimum atomic E-state index is -0.872. The van der Waals surface area contributed by atoms with Gasteiger partial charge in [-0.2, -0.15) is 5.10 Å². The maximum Gasteiger partial charge on any atom is 0.333 e. The highest BCUT2D eigenvalue weighted by Crippen LogP contribution is 2.34. The molecule has 0 bridgehead atoms. The molecule has 92 valence electrons. The minimum Gasteiger partial charge on any atom is -0.481 e. The van der Waals surface area contributed by atoms with Gasteiger partial charge in [-0.1, -0.05) is 0 Å². The molecule has 17 heavy (non-hydrogen) atoms. The summed E-state index contributed by atoms with van der Waals surface area (Å²) in [5.41, 5.74) is 0.294. The highest BCUT2D eigenvalue weighted by Gasteiger charge is 2.39. The lowest BCUT2D eigenvalue weighted by molar-refractivity contribution is -0.384. The molecule has 8 heteroatoms. The van der Waals surface area contributed by atoms with E-state index in [-0.39, 0.29) is 18.8 Å². The molecule has 0 amide bonds. The Balaban J connectivity index is 2.28. The smallest absolute Gasteiger partial charge is 0.333 e. The predicted octanol–water partition coefficient (Wildman–Crippen LogP) is 0.158. The third kappa shape index (κ3) is 1.71. The second-order valence-electron chi connectivity index (χ2n) is 4.08. The third-order valence-corrected chi connectivity index (χ3v) is 2.87. The monoisotopic (exact) mass is 240 g/mol. The van der Waals surface area contributed by atoms with Crippen molar-refractivity contribution in [2.75, 3.05) is 18.0 Å². The molecule has 1 aliphatic heterocycles. The number of carboxylic acid groups (broad SMARTS) is 1. The standard InChI is InChI=1S/C9H12N4O4/c1-5-7(13(16)17)8(11(2)10-5)12-3-6(4-12)9(14)15/h6H,3-4H2,1-2H3,(H,14,15). The summed E-state index contributed by atoms with van der Waals surface area (Å²) in [5, 5.41) is 23.7. The maximum absolute atomic E-state index is 10.9. The maximum atomic E-state index is 10.9. The van der Waals surface area contributed by atoms with Crippen LogP contribution in [0.2, 0.25) is 0 Å². The largest absolute Gasteiger partial charge is 0.481 e. The van der Waals surface area contributed by atoms with E-state index in [4.69, 9.17) is 5.11 Å². The molecule has 2 rings (SSSR count). The Morgan fingerprint density at radius 2 is 2.18 bits per heavy atom. The van der Waals surface area contributed by atoms with E-state index in [1.807, 2.05) is 0 Å². The van der Waals surface area contributed by atoms with E-state index >= 15 is 0 Å². The quantitative estimate of drug-likeness (QED) is 0.596. The van der Waals surface area contributed by atoms with Crippen LogP contribution in [0.25, 0.3) is 0 Å². The van der Waals surface area contributed by atoms with Crippen LogP contribution in [0, 0.1) is 23.0 Å². The summed E-state index contributed by atoms with van der Waals surface area (Å²) >= 11 is 0. The van der Waals surface area contributed by atoms with Crippen molar-refractivity contribution in [3.05, 3.63) is 15.8 Å². The lowest BCUT2D eigenvalue weighted by Crippen LogP contribution is -2.51. The van der Waals surface area contributed by atoms with Crippen molar-refractivity contribution in [2.24, 2.45) is 13.0 Å². The Bertz CT molecular complexity index is 489. The SMILES string of the molecule is Cc1nn(C)c(N2CC(C(=O)O)C2)c1[N+](=O)[O-]. The fourth-order valence-corrected chi connectivity index (χ4v) is 2.01. The Morgan fingerprint density at radius 3 is 2.65 bits per heavy atom. The molecule has 0 spiro atoms. The van der Waals surface area contributed by atoms with Gasteiger partial charge in [0.15, 0.2) is 0 Å². The number of anilines is 1. The molecule has 1 aromatic rings. The fourth-order valence-electron chi connectivity index (χ4n) is 2.01. The number of carboxylic acids is 1. The van der Waals surface area contributed by atoms with Crippen LogP contribution in [0.1, 0.15) is 5.69 Å². The first-order valence-corrected chi connectivity index (χ1v) is 5.07. The zero-order valence-corrected chi connectivity index (χ0v) is 9.45. The number of nitrogens with zero attached hydrogens (tertiary/aromatic N) is 4. The number of carbonyl (C=O) groups is 1. The first-order chi connectivity index (χ1) is 7.91. The van der Waals surface area contributed by atoms with Gasteiger partial charge < -0.3 is 10.0 Å². The molecule has 0 unspecified atom stereocenters. The van der Waals surface area contributed by atoms with E-state index in [2.05, 4.69) is 5.10 Å². The summed E-state index contributed by atoms with van der Waals surface area (Å²) in [7, 11) is 1.61. The molecule has 1 fully saturated rings. The Labute approximate surface area is 96.6 Å². The number of aromatic nitrogens is 2. The van der Waals surface area contributed by atoms with Gasteiger partial charge in [0.05, 0.1) is 10.8 Å². The van der Waals surface area contributed by atoms with Crippen LogP contribution in [0.4, 0.5) is 11.5 Å². The number of hydrogen-bond acceptors (Lipinski definition) is 5. The molecule has 1 saturated heterocycles. The highest BCUT2D eigenvalue weighted by molar-refractivity contribution is 5.75. The zero-order chi connectivity index (χ0) is 12.7. The Kier molecular flexibility index (Phi) is 2.49. The minimum absolute atomic E-state index is 0.0451. The fraction of sp³-hybridized carbons (Fsp3) is 0.556. The van der Waals surface area contributed by atoms with Gasteiger partial charge in [-0.15, -0.1) is 0 Å². The van der Waals surface area contributed by atoms with Crippen LogP contribution in [0.3, 0.4) is 0 Å². The highest BCUT2D eigenvalue weighted by atomic mass is 16.6. The van der Waals surface area contributed by atoms with Gasteiger partial charge in [0, 0.05) is 20.1 Å². The number of nitro groups is 1.